The van der Waals surface area contributed by atoms with E-state index in [9.17, 15) is 23.1 Å². The number of likely N-dealkylation sites (tertiary alicyclic amines) is 1. The molecule has 4 aliphatic rings. The standard InChI is InChI=1S/C29H29F3N4O4S/c30-29(31,32)39-23-4-2-1-3-20(23)25-21(26(40-34-25)16-5-6-16)11-12-35-14-18-8-9-19(15-35)36(18)28-33-22-10-7-17(27(37)38)13-24(22)41-28/h1-4,7,10,13,16,18-19,21,26H,5-6,8-9,11-12,14-15H2,(H,37,38). The third-order valence-corrected chi connectivity index (χ3v) is 9.69. The molecule has 8 nitrogen and oxygen atoms in total. The van der Waals surface area contributed by atoms with E-state index in [1.165, 1.54) is 12.1 Å². The number of aromatic carboxylic acids is 1. The molecule has 1 aliphatic carbocycles. The summed E-state index contributed by atoms with van der Waals surface area (Å²) < 4.78 is 44.6. The smallest absolute Gasteiger partial charge is 0.478 e. The van der Waals surface area contributed by atoms with Gasteiger partial charge < -0.3 is 19.6 Å². The van der Waals surface area contributed by atoms with Gasteiger partial charge in [-0.2, -0.15) is 0 Å². The van der Waals surface area contributed by atoms with Crippen LogP contribution in [-0.2, 0) is 4.84 Å². The fourth-order valence-corrected chi connectivity index (χ4v) is 7.81. The third kappa shape index (κ3) is 5.23. The van der Waals surface area contributed by atoms with Gasteiger partial charge in [0.05, 0.1) is 21.5 Å². The van der Waals surface area contributed by atoms with Crippen LogP contribution in [0.15, 0.2) is 47.6 Å². The minimum atomic E-state index is -4.79. The predicted molar refractivity (Wildman–Crippen MR) is 148 cm³/mol. The van der Waals surface area contributed by atoms with Gasteiger partial charge in [0, 0.05) is 36.7 Å². The van der Waals surface area contributed by atoms with Gasteiger partial charge in [-0.05, 0) is 74.9 Å². The summed E-state index contributed by atoms with van der Waals surface area (Å²) in [6, 6.07) is 11.8. The number of hydrogen-bond acceptors (Lipinski definition) is 8. The zero-order valence-electron chi connectivity index (χ0n) is 22.1. The lowest BCUT2D eigenvalue weighted by molar-refractivity contribution is -0.274. The second kappa shape index (κ2) is 10.2. The van der Waals surface area contributed by atoms with Crippen LogP contribution in [0.2, 0.25) is 0 Å². The van der Waals surface area contributed by atoms with Gasteiger partial charge in [-0.25, -0.2) is 9.78 Å². The van der Waals surface area contributed by atoms with E-state index in [0.717, 1.165) is 67.1 Å². The van der Waals surface area contributed by atoms with Crippen molar-refractivity contribution >= 4 is 38.4 Å². The van der Waals surface area contributed by atoms with E-state index >= 15 is 0 Å². The van der Waals surface area contributed by atoms with E-state index in [2.05, 4.69) is 19.7 Å². The van der Waals surface area contributed by atoms with Crippen molar-refractivity contribution in [3.05, 3.63) is 53.6 Å². The lowest BCUT2D eigenvalue weighted by atomic mass is 9.86. The number of benzene rings is 2. The maximum absolute atomic E-state index is 13.1. The van der Waals surface area contributed by atoms with Crippen LogP contribution >= 0.6 is 11.3 Å². The first-order chi connectivity index (χ1) is 19.7. The fraction of sp³-hybridized carbons (Fsp3) is 0.483. The largest absolute Gasteiger partial charge is 0.573 e. The average Bonchev–Trinajstić information content (AvgIpc) is 3.45. The highest BCUT2D eigenvalue weighted by Crippen LogP contribution is 2.44. The molecule has 2 bridgehead atoms. The molecule has 2 aromatic carbocycles. The van der Waals surface area contributed by atoms with Gasteiger partial charge in [-0.1, -0.05) is 28.6 Å². The Bertz CT molecular complexity index is 1490. The van der Waals surface area contributed by atoms with Crippen molar-refractivity contribution in [2.45, 2.75) is 56.7 Å². The lowest BCUT2D eigenvalue weighted by Gasteiger charge is -2.41. The Morgan fingerprint density at radius 1 is 1.10 bits per heavy atom. The van der Waals surface area contributed by atoms with Crippen LogP contribution in [0.5, 0.6) is 5.75 Å². The number of piperazine rings is 1. The number of thiazole rings is 1. The van der Waals surface area contributed by atoms with Crippen molar-refractivity contribution < 1.29 is 32.6 Å². The molecule has 4 unspecified atom stereocenters. The SMILES string of the molecule is O=C(O)c1ccc2nc(N3C4CCC3CN(CCC3C(c5ccccc5OC(F)(F)F)=NOC3C3CC3)C4)sc2c1. The van der Waals surface area contributed by atoms with E-state index in [4.69, 9.17) is 9.82 Å². The molecule has 4 atom stereocenters. The van der Waals surface area contributed by atoms with Crippen LogP contribution in [0.3, 0.4) is 0 Å². The van der Waals surface area contributed by atoms with Crippen molar-refractivity contribution in [2.75, 3.05) is 24.5 Å². The summed E-state index contributed by atoms with van der Waals surface area (Å²) in [4.78, 5) is 26.9. The van der Waals surface area contributed by atoms with E-state index in [1.54, 1.807) is 41.7 Å². The number of oxime groups is 1. The lowest BCUT2D eigenvalue weighted by Crippen LogP contribution is -2.54. The molecule has 1 N–H and O–H groups in total. The van der Waals surface area contributed by atoms with E-state index in [-0.39, 0.29) is 23.3 Å². The molecule has 4 heterocycles. The zero-order chi connectivity index (χ0) is 28.3. The molecule has 1 saturated carbocycles. The molecule has 2 saturated heterocycles. The second-order valence-electron chi connectivity index (χ2n) is 11.4. The fourth-order valence-electron chi connectivity index (χ4n) is 6.66. The van der Waals surface area contributed by atoms with Crippen LogP contribution in [0.25, 0.3) is 10.2 Å². The molecule has 1 aromatic heterocycles. The predicted octanol–water partition coefficient (Wildman–Crippen LogP) is 5.77. The number of ether oxygens (including phenoxy) is 1. The molecule has 12 heteroatoms. The summed E-state index contributed by atoms with van der Waals surface area (Å²) >= 11 is 1.54. The Hall–Kier alpha value is -3.38. The molecule has 0 radical (unpaired) electrons. The van der Waals surface area contributed by atoms with E-state index in [1.807, 2.05) is 0 Å². The van der Waals surface area contributed by atoms with Crippen LogP contribution in [0.4, 0.5) is 18.3 Å². The summed E-state index contributed by atoms with van der Waals surface area (Å²) in [5, 5.41) is 14.6. The number of nitrogens with zero attached hydrogens (tertiary/aromatic N) is 4. The highest BCUT2D eigenvalue weighted by Gasteiger charge is 2.47. The molecule has 3 aromatic rings. The Morgan fingerprint density at radius 2 is 1.85 bits per heavy atom. The summed E-state index contributed by atoms with van der Waals surface area (Å²) in [5.41, 5.74) is 1.95. The number of aromatic nitrogens is 1. The number of carboxylic acids is 1. The molecule has 3 aliphatic heterocycles. The third-order valence-electron chi connectivity index (χ3n) is 8.65. The van der Waals surface area contributed by atoms with Crippen molar-refractivity contribution in [2.24, 2.45) is 17.0 Å². The summed E-state index contributed by atoms with van der Waals surface area (Å²) in [6.45, 7) is 2.53. The number of fused-ring (bicyclic) bond motifs is 3. The second-order valence-corrected chi connectivity index (χ2v) is 12.4. The van der Waals surface area contributed by atoms with Crippen LogP contribution < -0.4 is 9.64 Å². The van der Waals surface area contributed by atoms with Crippen LogP contribution in [0, 0.1) is 11.8 Å². The van der Waals surface area contributed by atoms with Gasteiger partial charge in [-0.15, -0.1) is 13.2 Å². The van der Waals surface area contributed by atoms with Gasteiger partial charge in [0.2, 0.25) is 0 Å². The summed E-state index contributed by atoms with van der Waals surface area (Å²) in [6.07, 6.45) is 0.0297. The monoisotopic (exact) mass is 586 g/mol. The molecule has 3 fully saturated rings. The van der Waals surface area contributed by atoms with Gasteiger partial charge >= 0.3 is 12.3 Å². The normalized spacial score (nSPS) is 26.3. The van der Waals surface area contributed by atoms with Crippen molar-refractivity contribution in [3.8, 4) is 5.75 Å². The first-order valence-corrected chi connectivity index (χ1v) is 14.8. The molecule has 0 spiro atoms. The Balaban J connectivity index is 1.06. The number of rotatable bonds is 8. The van der Waals surface area contributed by atoms with Crippen molar-refractivity contribution in [1.82, 2.24) is 9.88 Å². The quantitative estimate of drug-likeness (QED) is 0.359. The number of carboxylic acid groups (broad SMARTS) is 1. The van der Waals surface area contributed by atoms with Gasteiger partial charge in [-0.3, -0.25) is 4.90 Å². The number of hydrogen-bond donors (Lipinski definition) is 1. The van der Waals surface area contributed by atoms with Gasteiger partial charge in [0.25, 0.3) is 0 Å². The number of carbonyl (C=O) groups is 1. The Kier molecular flexibility index (Phi) is 6.57. The van der Waals surface area contributed by atoms with Crippen LogP contribution in [0.1, 0.15) is 48.0 Å². The molecule has 216 valence electrons. The van der Waals surface area contributed by atoms with Crippen molar-refractivity contribution in [1.29, 1.82) is 0 Å². The number of anilines is 1. The Morgan fingerprint density at radius 3 is 2.56 bits per heavy atom. The molecule has 7 rings (SSSR count). The molecule has 0 amide bonds. The van der Waals surface area contributed by atoms with Crippen LogP contribution in [-0.4, -0.2) is 70.9 Å². The van der Waals surface area contributed by atoms with E-state index in [0.29, 0.717) is 29.3 Å². The average molecular weight is 587 g/mol. The first kappa shape index (κ1) is 26.5. The van der Waals surface area contributed by atoms with Gasteiger partial charge in [0.1, 0.15) is 11.9 Å². The zero-order valence-corrected chi connectivity index (χ0v) is 22.9. The first-order valence-electron chi connectivity index (χ1n) is 14.0. The Labute approximate surface area is 238 Å². The van der Waals surface area contributed by atoms with Gasteiger partial charge in [0.15, 0.2) is 5.13 Å². The molecular formula is C29H29F3N4O4S. The number of halogens is 3. The number of alkyl halides is 3. The summed E-state index contributed by atoms with van der Waals surface area (Å²) in [7, 11) is 0. The highest BCUT2D eigenvalue weighted by atomic mass is 32.1. The summed E-state index contributed by atoms with van der Waals surface area (Å²) in [5.74, 6) is -0.923. The van der Waals surface area contributed by atoms with Crippen molar-refractivity contribution in [3.63, 3.8) is 0 Å². The maximum atomic E-state index is 13.1. The topological polar surface area (TPSA) is 87.5 Å². The minimum Gasteiger partial charge on any atom is -0.478 e. The van der Waals surface area contributed by atoms with E-state index < -0.39 is 12.3 Å². The molecular weight excluding hydrogens is 557 g/mol. The highest BCUT2D eigenvalue weighted by molar-refractivity contribution is 7.22. The maximum Gasteiger partial charge on any atom is 0.573 e. The minimum absolute atomic E-state index is 0.108. The number of para-hydroxylation sites is 1. The molecule has 41 heavy (non-hydrogen) atoms.